The Kier molecular flexibility index (Phi) is 8.89. The summed E-state index contributed by atoms with van der Waals surface area (Å²) in [6.45, 7) is 3.08. The highest BCUT2D eigenvalue weighted by Gasteiger charge is 2.36. The summed E-state index contributed by atoms with van der Waals surface area (Å²) in [5.41, 5.74) is 0. The smallest absolute Gasteiger partial charge is 0.377 e. The van der Waals surface area contributed by atoms with Crippen molar-refractivity contribution in [2.75, 3.05) is 27.9 Å². The number of unbranched alkanes of at least 4 members (excludes halogenated alkanes) is 1. The molecule has 0 saturated carbocycles. The zero-order valence-corrected chi connectivity index (χ0v) is 11.3. The quantitative estimate of drug-likeness (QED) is 0.348. The van der Waals surface area contributed by atoms with Gasteiger partial charge in [0.25, 0.3) is 0 Å². The summed E-state index contributed by atoms with van der Waals surface area (Å²) < 4.78 is 15.9. The maximum atomic E-state index is 5.30. The van der Waals surface area contributed by atoms with Crippen molar-refractivity contribution in [2.24, 2.45) is 4.99 Å². The van der Waals surface area contributed by atoms with E-state index < -0.39 is 8.80 Å². The van der Waals surface area contributed by atoms with Crippen LogP contribution >= 0.6 is 0 Å². The molecule has 0 aromatic heterocycles. The Bertz CT molecular complexity index is 164. The van der Waals surface area contributed by atoms with E-state index in [-0.39, 0.29) is 0 Å². The van der Waals surface area contributed by atoms with Crippen LogP contribution in [-0.4, -0.2) is 42.9 Å². The lowest BCUT2D eigenvalue weighted by Gasteiger charge is -2.23. The third kappa shape index (κ3) is 6.04. The Morgan fingerprint density at radius 3 is 2.20 bits per heavy atom. The molecule has 0 heterocycles. The molecule has 0 aliphatic heterocycles. The molecule has 0 bridgehead atoms. The molecule has 90 valence electrons. The first kappa shape index (κ1) is 14.8. The minimum atomic E-state index is -2.38. The van der Waals surface area contributed by atoms with Crippen molar-refractivity contribution in [3.8, 4) is 0 Å². The van der Waals surface area contributed by atoms with Crippen LogP contribution in [0.2, 0.25) is 6.04 Å². The third-order valence-electron chi connectivity index (χ3n) is 2.28. The average molecular weight is 233 g/mol. The summed E-state index contributed by atoms with van der Waals surface area (Å²) >= 11 is 0. The highest BCUT2D eigenvalue weighted by molar-refractivity contribution is 6.60. The van der Waals surface area contributed by atoms with Gasteiger partial charge in [0.15, 0.2) is 0 Å². The van der Waals surface area contributed by atoms with Crippen LogP contribution in [0.1, 0.15) is 26.2 Å². The molecular formula is C10H23NO3Si. The van der Waals surface area contributed by atoms with Gasteiger partial charge in [-0.15, -0.1) is 0 Å². The van der Waals surface area contributed by atoms with Crippen LogP contribution in [0.25, 0.3) is 0 Å². The van der Waals surface area contributed by atoms with Crippen molar-refractivity contribution >= 4 is 15.0 Å². The summed E-state index contributed by atoms with van der Waals surface area (Å²) in [5, 5.41) is 0. The first-order valence-corrected chi connectivity index (χ1v) is 7.31. The van der Waals surface area contributed by atoms with Crippen molar-refractivity contribution < 1.29 is 13.3 Å². The molecule has 0 rings (SSSR count). The zero-order valence-electron chi connectivity index (χ0n) is 10.3. The fraction of sp³-hybridized carbons (Fsp3) is 0.900. The van der Waals surface area contributed by atoms with Gasteiger partial charge in [0.1, 0.15) is 0 Å². The van der Waals surface area contributed by atoms with Crippen molar-refractivity contribution in [1.29, 1.82) is 0 Å². The lowest BCUT2D eigenvalue weighted by atomic mass is 10.3. The number of aliphatic imine (C=N–C) groups is 1. The molecule has 0 aromatic carbocycles. The zero-order chi connectivity index (χ0) is 11.6. The van der Waals surface area contributed by atoms with E-state index in [2.05, 4.69) is 11.9 Å². The number of hydrogen-bond donors (Lipinski definition) is 0. The molecule has 0 radical (unpaired) electrons. The Balaban J connectivity index is 3.75. The van der Waals surface area contributed by atoms with Gasteiger partial charge in [0, 0.05) is 33.9 Å². The van der Waals surface area contributed by atoms with E-state index in [4.69, 9.17) is 13.3 Å². The Hall–Kier alpha value is -0.233. The number of hydrogen-bond acceptors (Lipinski definition) is 4. The molecule has 15 heavy (non-hydrogen) atoms. The van der Waals surface area contributed by atoms with Crippen LogP contribution in [0.4, 0.5) is 0 Å². The van der Waals surface area contributed by atoms with Crippen LogP contribution in [-0.2, 0) is 13.3 Å². The molecule has 0 atom stereocenters. The van der Waals surface area contributed by atoms with Gasteiger partial charge >= 0.3 is 8.80 Å². The molecule has 0 unspecified atom stereocenters. The summed E-state index contributed by atoms with van der Waals surface area (Å²) in [4.78, 5) is 4.30. The standard InChI is InChI=1S/C10H23NO3Si/c1-5-6-8-11-9-7-10-15(12-2,13-3)14-4/h9H,5-8,10H2,1-4H3. The molecule has 0 N–H and O–H groups in total. The Morgan fingerprint density at radius 2 is 1.73 bits per heavy atom. The molecule has 0 aromatic rings. The van der Waals surface area contributed by atoms with E-state index in [1.807, 2.05) is 6.21 Å². The maximum absolute atomic E-state index is 5.30. The third-order valence-corrected chi connectivity index (χ3v) is 5.05. The Labute approximate surface area is 94.0 Å². The van der Waals surface area contributed by atoms with Gasteiger partial charge in [-0.25, -0.2) is 0 Å². The summed E-state index contributed by atoms with van der Waals surface area (Å²) in [6, 6.07) is 0.784. The van der Waals surface area contributed by atoms with Crippen LogP contribution in [0, 0.1) is 0 Å². The number of rotatable bonds is 9. The van der Waals surface area contributed by atoms with E-state index in [1.165, 1.54) is 6.42 Å². The fourth-order valence-corrected chi connectivity index (χ4v) is 2.82. The van der Waals surface area contributed by atoms with Gasteiger partial charge in [-0.05, 0) is 19.1 Å². The van der Waals surface area contributed by atoms with E-state index in [1.54, 1.807) is 21.3 Å². The van der Waals surface area contributed by atoms with Gasteiger partial charge < -0.3 is 13.3 Å². The van der Waals surface area contributed by atoms with Crippen molar-refractivity contribution in [1.82, 2.24) is 0 Å². The van der Waals surface area contributed by atoms with E-state index in [0.29, 0.717) is 0 Å². The van der Waals surface area contributed by atoms with Gasteiger partial charge in [-0.1, -0.05) is 13.3 Å². The normalized spacial score (nSPS) is 12.5. The first-order valence-electron chi connectivity index (χ1n) is 5.38. The van der Waals surface area contributed by atoms with Crippen LogP contribution in [0.3, 0.4) is 0 Å². The molecule has 0 saturated heterocycles. The topological polar surface area (TPSA) is 40.0 Å². The summed E-state index contributed by atoms with van der Waals surface area (Å²) in [7, 11) is 2.52. The molecule has 4 nitrogen and oxygen atoms in total. The number of nitrogens with zero attached hydrogens (tertiary/aromatic N) is 1. The van der Waals surface area contributed by atoms with Gasteiger partial charge in [-0.2, -0.15) is 0 Å². The SMILES string of the molecule is CCCCN=CCC[Si](OC)(OC)OC. The molecule has 5 heteroatoms. The lowest BCUT2D eigenvalue weighted by Crippen LogP contribution is -2.42. The van der Waals surface area contributed by atoms with Gasteiger partial charge in [0.2, 0.25) is 0 Å². The monoisotopic (exact) mass is 233 g/mol. The molecule has 0 amide bonds. The maximum Gasteiger partial charge on any atom is 0.500 e. The predicted molar refractivity (Wildman–Crippen MR) is 64.5 cm³/mol. The highest BCUT2D eigenvalue weighted by Crippen LogP contribution is 2.13. The van der Waals surface area contributed by atoms with Crippen molar-refractivity contribution in [3.05, 3.63) is 0 Å². The fourth-order valence-electron chi connectivity index (χ4n) is 1.23. The lowest BCUT2D eigenvalue weighted by molar-refractivity contribution is 0.124. The second kappa shape index (κ2) is 9.03. The largest absolute Gasteiger partial charge is 0.500 e. The second-order valence-corrected chi connectivity index (χ2v) is 6.37. The van der Waals surface area contributed by atoms with Crippen molar-refractivity contribution in [2.45, 2.75) is 32.2 Å². The predicted octanol–water partition coefficient (Wildman–Crippen LogP) is 2.13. The summed E-state index contributed by atoms with van der Waals surface area (Å²) in [6.07, 6.45) is 5.13. The molecule has 0 aliphatic carbocycles. The molecule has 0 spiro atoms. The van der Waals surface area contributed by atoms with Crippen LogP contribution in [0.5, 0.6) is 0 Å². The molecule has 0 aliphatic rings. The van der Waals surface area contributed by atoms with E-state index >= 15 is 0 Å². The first-order chi connectivity index (χ1) is 7.24. The minimum absolute atomic E-state index is 0.784. The molecule has 0 fully saturated rings. The van der Waals surface area contributed by atoms with E-state index in [0.717, 1.165) is 25.4 Å². The van der Waals surface area contributed by atoms with Gasteiger partial charge in [-0.3, -0.25) is 4.99 Å². The van der Waals surface area contributed by atoms with Gasteiger partial charge in [0.05, 0.1) is 0 Å². The average Bonchev–Trinajstić information content (AvgIpc) is 2.29. The van der Waals surface area contributed by atoms with E-state index in [9.17, 15) is 0 Å². The van der Waals surface area contributed by atoms with Crippen molar-refractivity contribution in [3.63, 3.8) is 0 Å². The highest BCUT2D eigenvalue weighted by atomic mass is 28.4. The second-order valence-electron chi connectivity index (χ2n) is 3.28. The summed E-state index contributed by atoms with van der Waals surface area (Å²) in [5.74, 6) is 0. The Morgan fingerprint density at radius 1 is 1.13 bits per heavy atom. The molecular weight excluding hydrogens is 210 g/mol. The minimum Gasteiger partial charge on any atom is -0.377 e. The van der Waals surface area contributed by atoms with Crippen LogP contribution in [0.15, 0.2) is 4.99 Å². The van der Waals surface area contributed by atoms with Crippen LogP contribution < -0.4 is 0 Å².